The summed E-state index contributed by atoms with van der Waals surface area (Å²) in [5.41, 5.74) is -0.372. The molecule has 20 heavy (non-hydrogen) atoms. The van der Waals surface area contributed by atoms with Crippen LogP contribution >= 0.6 is 0 Å². The van der Waals surface area contributed by atoms with Gasteiger partial charge in [0.15, 0.2) is 0 Å². The van der Waals surface area contributed by atoms with Gasteiger partial charge in [-0.25, -0.2) is 0 Å². The van der Waals surface area contributed by atoms with Crippen LogP contribution in [0.2, 0.25) is 0 Å². The van der Waals surface area contributed by atoms with E-state index < -0.39 is 0 Å². The maximum absolute atomic E-state index is 11.8. The Hall–Kier alpha value is -1.06. The highest BCUT2D eigenvalue weighted by Gasteiger charge is 2.24. The Labute approximate surface area is 123 Å². The van der Waals surface area contributed by atoms with Crippen molar-refractivity contribution in [3.63, 3.8) is 0 Å². The van der Waals surface area contributed by atoms with Gasteiger partial charge in [0, 0.05) is 31.5 Å². The summed E-state index contributed by atoms with van der Waals surface area (Å²) in [7, 11) is 0. The van der Waals surface area contributed by atoms with Crippen LogP contribution in [0.3, 0.4) is 0 Å². The fourth-order valence-electron chi connectivity index (χ4n) is 2.72. The second-order valence-electron chi connectivity index (χ2n) is 6.86. The predicted octanol–water partition coefficient (Wildman–Crippen LogP) is 2.72. The number of amides is 2. The Morgan fingerprint density at radius 1 is 1.10 bits per heavy atom. The van der Waals surface area contributed by atoms with E-state index in [2.05, 4.69) is 5.32 Å². The first-order valence-electron chi connectivity index (χ1n) is 7.88. The highest BCUT2D eigenvalue weighted by atomic mass is 16.2. The molecule has 0 aromatic carbocycles. The standard InChI is InChI=1S/C16H30N2O2/c1-13(19)18(14-9-7-5-6-8-10-14)12-11-17-15(20)16(2,3)4/h14H,5-12H2,1-4H3,(H,17,20). The van der Waals surface area contributed by atoms with E-state index in [-0.39, 0.29) is 17.2 Å². The van der Waals surface area contributed by atoms with Crippen LogP contribution in [-0.4, -0.2) is 35.8 Å². The smallest absolute Gasteiger partial charge is 0.225 e. The van der Waals surface area contributed by atoms with E-state index in [9.17, 15) is 9.59 Å². The molecule has 1 rings (SSSR count). The van der Waals surface area contributed by atoms with E-state index in [4.69, 9.17) is 0 Å². The lowest BCUT2D eigenvalue weighted by atomic mass is 9.96. The maximum Gasteiger partial charge on any atom is 0.225 e. The van der Waals surface area contributed by atoms with E-state index in [0.29, 0.717) is 19.1 Å². The zero-order valence-electron chi connectivity index (χ0n) is 13.5. The molecule has 1 aliphatic carbocycles. The summed E-state index contributed by atoms with van der Waals surface area (Å²) in [5, 5.41) is 2.93. The van der Waals surface area contributed by atoms with Crippen molar-refractivity contribution in [3.05, 3.63) is 0 Å². The molecule has 4 heteroatoms. The monoisotopic (exact) mass is 282 g/mol. The molecule has 1 saturated carbocycles. The number of carbonyl (C=O) groups excluding carboxylic acids is 2. The number of hydrogen-bond donors (Lipinski definition) is 1. The molecule has 0 aromatic heterocycles. The van der Waals surface area contributed by atoms with Gasteiger partial charge in [0.1, 0.15) is 0 Å². The average molecular weight is 282 g/mol. The molecule has 0 heterocycles. The molecule has 2 amide bonds. The first-order chi connectivity index (χ1) is 9.32. The van der Waals surface area contributed by atoms with Gasteiger partial charge in [-0.2, -0.15) is 0 Å². The first-order valence-corrected chi connectivity index (χ1v) is 7.88. The van der Waals surface area contributed by atoms with Gasteiger partial charge < -0.3 is 10.2 Å². The molecule has 0 aliphatic heterocycles. The Balaban J connectivity index is 2.47. The molecule has 0 aromatic rings. The van der Waals surface area contributed by atoms with E-state index in [1.807, 2.05) is 25.7 Å². The number of carbonyl (C=O) groups is 2. The van der Waals surface area contributed by atoms with Crippen molar-refractivity contribution in [2.75, 3.05) is 13.1 Å². The van der Waals surface area contributed by atoms with Gasteiger partial charge in [0.2, 0.25) is 11.8 Å². The Kier molecular flexibility index (Phi) is 6.50. The van der Waals surface area contributed by atoms with Crippen molar-refractivity contribution in [1.82, 2.24) is 10.2 Å². The van der Waals surface area contributed by atoms with Crippen LogP contribution in [0.5, 0.6) is 0 Å². The van der Waals surface area contributed by atoms with Crippen LogP contribution in [0.25, 0.3) is 0 Å². The molecular weight excluding hydrogens is 252 g/mol. The van der Waals surface area contributed by atoms with Crippen molar-refractivity contribution in [2.45, 2.75) is 72.3 Å². The fraction of sp³-hybridized carbons (Fsp3) is 0.875. The minimum atomic E-state index is -0.372. The van der Waals surface area contributed by atoms with Gasteiger partial charge in [-0.1, -0.05) is 46.5 Å². The van der Waals surface area contributed by atoms with Crippen LogP contribution in [0.4, 0.5) is 0 Å². The topological polar surface area (TPSA) is 49.4 Å². The van der Waals surface area contributed by atoms with Gasteiger partial charge >= 0.3 is 0 Å². The highest BCUT2D eigenvalue weighted by molar-refractivity contribution is 5.81. The normalized spacial score (nSPS) is 17.4. The molecule has 1 fully saturated rings. The van der Waals surface area contributed by atoms with Crippen molar-refractivity contribution < 1.29 is 9.59 Å². The number of nitrogens with one attached hydrogen (secondary N) is 1. The zero-order chi connectivity index (χ0) is 15.2. The summed E-state index contributed by atoms with van der Waals surface area (Å²) in [5.74, 6) is 0.170. The zero-order valence-corrected chi connectivity index (χ0v) is 13.5. The van der Waals surface area contributed by atoms with E-state index in [1.165, 1.54) is 25.7 Å². The lowest BCUT2D eigenvalue weighted by Gasteiger charge is -2.31. The van der Waals surface area contributed by atoms with Crippen molar-refractivity contribution in [2.24, 2.45) is 5.41 Å². The number of nitrogens with zero attached hydrogens (tertiary/aromatic N) is 1. The molecular formula is C16H30N2O2. The molecule has 0 saturated heterocycles. The molecule has 116 valence electrons. The van der Waals surface area contributed by atoms with Gasteiger partial charge in [-0.3, -0.25) is 9.59 Å². The minimum Gasteiger partial charge on any atom is -0.354 e. The van der Waals surface area contributed by atoms with E-state index >= 15 is 0 Å². The predicted molar refractivity (Wildman–Crippen MR) is 81.3 cm³/mol. The Bertz CT molecular complexity index is 326. The maximum atomic E-state index is 11.8. The van der Waals surface area contributed by atoms with Gasteiger partial charge in [0.25, 0.3) is 0 Å². The number of rotatable bonds is 4. The molecule has 0 spiro atoms. The van der Waals surface area contributed by atoms with Gasteiger partial charge in [-0.15, -0.1) is 0 Å². The summed E-state index contributed by atoms with van der Waals surface area (Å²) in [6, 6.07) is 0.363. The van der Waals surface area contributed by atoms with Crippen LogP contribution in [-0.2, 0) is 9.59 Å². The molecule has 1 aliphatic rings. The highest BCUT2D eigenvalue weighted by Crippen LogP contribution is 2.22. The summed E-state index contributed by atoms with van der Waals surface area (Å²) >= 11 is 0. The van der Waals surface area contributed by atoms with Crippen molar-refractivity contribution >= 4 is 11.8 Å². The summed E-state index contributed by atoms with van der Waals surface area (Å²) in [6.45, 7) is 8.51. The summed E-state index contributed by atoms with van der Waals surface area (Å²) in [6.07, 6.45) is 7.19. The van der Waals surface area contributed by atoms with Crippen LogP contribution in [0.15, 0.2) is 0 Å². The summed E-state index contributed by atoms with van der Waals surface area (Å²) < 4.78 is 0. The molecule has 0 unspecified atom stereocenters. The third kappa shape index (κ3) is 5.51. The van der Waals surface area contributed by atoms with Crippen LogP contribution < -0.4 is 5.32 Å². The van der Waals surface area contributed by atoms with Gasteiger partial charge in [-0.05, 0) is 12.8 Å². The number of hydrogen-bond acceptors (Lipinski definition) is 2. The van der Waals surface area contributed by atoms with Gasteiger partial charge in [0.05, 0.1) is 0 Å². The molecule has 0 radical (unpaired) electrons. The summed E-state index contributed by atoms with van der Waals surface area (Å²) in [4.78, 5) is 25.6. The molecule has 1 N–H and O–H groups in total. The van der Waals surface area contributed by atoms with Crippen LogP contribution in [0.1, 0.15) is 66.2 Å². The largest absolute Gasteiger partial charge is 0.354 e. The lowest BCUT2D eigenvalue weighted by molar-refractivity contribution is -0.133. The van der Waals surface area contributed by atoms with Crippen molar-refractivity contribution in [1.29, 1.82) is 0 Å². The molecule has 0 bridgehead atoms. The first kappa shape index (κ1) is 17.0. The average Bonchev–Trinajstić information content (AvgIpc) is 2.61. The Morgan fingerprint density at radius 2 is 1.65 bits per heavy atom. The Morgan fingerprint density at radius 3 is 2.10 bits per heavy atom. The van der Waals surface area contributed by atoms with E-state index in [1.54, 1.807) is 6.92 Å². The van der Waals surface area contributed by atoms with E-state index in [0.717, 1.165) is 12.8 Å². The van der Waals surface area contributed by atoms with Crippen molar-refractivity contribution in [3.8, 4) is 0 Å². The second-order valence-corrected chi connectivity index (χ2v) is 6.86. The third-order valence-electron chi connectivity index (χ3n) is 3.99. The third-order valence-corrected chi connectivity index (χ3v) is 3.99. The fourth-order valence-corrected chi connectivity index (χ4v) is 2.72. The second kappa shape index (κ2) is 7.65. The molecule has 0 atom stereocenters. The quantitative estimate of drug-likeness (QED) is 0.806. The minimum absolute atomic E-state index is 0.0434. The lowest BCUT2D eigenvalue weighted by Crippen LogP contribution is -2.45. The SMILES string of the molecule is CC(=O)N(CCNC(=O)C(C)(C)C)C1CCCCCC1. The molecule has 4 nitrogen and oxygen atoms in total. The van der Waals surface area contributed by atoms with Crippen LogP contribution in [0, 0.1) is 5.41 Å².